The first kappa shape index (κ1) is 15.5. The lowest BCUT2D eigenvalue weighted by Crippen LogP contribution is -1.82. The van der Waals surface area contributed by atoms with E-state index in [1.807, 2.05) is 30.3 Å². The molecule has 2 heterocycles. The van der Waals surface area contributed by atoms with Crippen molar-refractivity contribution in [1.82, 2.24) is 9.97 Å². The molecule has 25 heavy (non-hydrogen) atoms. The standard InChI is InChI=1S/C19H12BrN3O2/c20-14-3-5-17(24)13(8-14)11-22-15-4-6-18-16(9-15)23-19(25-18)12-2-1-7-21-10-12/h1-11,24H. The molecule has 0 aliphatic carbocycles. The van der Waals surface area contributed by atoms with Crippen LogP contribution in [0.25, 0.3) is 22.6 Å². The Morgan fingerprint density at radius 1 is 1.12 bits per heavy atom. The van der Waals surface area contributed by atoms with Crippen LogP contribution in [0.1, 0.15) is 5.56 Å². The number of fused-ring (bicyclic) bond motifs is 1. The van der Waals surface area contributed by atoms with Gasteiger partial charge < -0.3 is 9.52 Å². The van der Waals surface area contributed by atoms with Crippen LogP contribution in [0.5, 0.6) is 5.75 Å². The summed E-state index contributed by atoms with van der Waals surface area (Å²) in [6, 6.07) is 14.4. The minimum atomic E-state index is 0.174. The molecule has 0 unspecified atom stereocenters. The molecule has 0 aliphatic heterocycles. The van der Waals surface area contributed by atoms with Gasteiger partial charge in [-0.15, -0.1) is 0 Å². The van der Waals surface area contributed by atoms with Gasteiger partial charge in [0.25, 0.3) is 0 Å². The number of halogens is 1. The molecular formula is C19H12BrN3O2. The van der Waals surface area contributed by atoms with Crippen LogP contribution >= 0.6 is 15.9 Å². The molecule has 0 saturated carbocycles. The average Bonchev–Trinajstić information content (AvgIpc) is 3.06. The number of nitrogens with zero attached hydrogens (tertiary/aromatic N) is 3. The monoisotopic (exact) mass is 393 g/mol. The molecule has 0 saturated heterocycles. The van der Waals surface area contributed by atoms with Gasteiger partial charge in [-0.25, -0.2) is 4.98 Å². The fraction of sp³-hybridized carbons (Fsp3) is 0. The van der Waals surface area contributed by atoms with Crippen LogP contribution in [0.15, 0.2) is 74.8 Å². The molecule has 0 atom stereocenters. The van der Waals surface area contributed by atoms with Crippen molar-refractivity contribution in [3.8, 4) is 17.2 Å². The van der Waals surface area contributed by atoms with E-state index in [1.54, 1.807) is 36.8 Å². The van der Waals surface area contributed by atoms with Crippen LogP contribution in [0.4, 0.5) is 5.69 Å². The van der Waals surface area contributed by atoms with Crippen LogP contribution in [0, 0.1) is 0 Å². The highest BCUT2D eigenvalue weighted by molar-refractivity contribution is 9.10. The number of pyridine rings is 1. The SMILES string of the molecule is Oc1ccc(Br)cc1C=Nc1ccc2oc(-c3cccnc3)nc2c1. The second-order valence-corrected chi connectivity index (χ2v) is 6.29. The molecule has 122 valence electrons. The molecule has 0 amide bonds. The van der Waals surface area contributed by atoms with Gasteiger partial charge in [-0.2, -0.15) is 0 Å². The van der Waals surface area contributed by atoms with Crippen LogP contribution in [0.3, 0.4) is 0 Å². The summed E-state index contributed by atoms with van der Waals surface area (Å²) in [4.78, 5) is 13.0. The van der Waals surface area contributed by atoms with Crippen molar-refractivity contribution >= 4 is 38.9 Å². The lowest BCUT2D eigenvalue weighted by atomic mass is 10.2. The van der Waals surface area contributed by atoms with Gasteiger partial charge in [-0.05, 0) is 48.5 Å². The van der Waals surface area contributed by atoms with Crippen molar-refractivity contribution in [2.45, 2.75) is 0 Å². The highest BCUT2D eigenvalue weighted by atomic mass is 79.9. The summed E-state index contributed by atoms with van der Waals surface area (Å²) >= 11 is 3.38. The molecular weight excluding hydrogens is 382 g/mol. The Bertz CT molecular complexity index is 1070. The van der Waals surface area contributed by atoms with Crippen molar-refractivity contribution in [2.24, 2.45) is 4.99 Å². The molecule has 4 rings (SSSR count). The predicted octanol–water partition coefficient (Wildman–Crippen LogP) is 5.11. The highest BCUT2D eigenvalue weighted by Crippen LogP contribution is 2.27. The van der Waals surface area contributed by atoms with Crippen molar-refractivity contribution in [3.05, 3.63) is 71.0 Å². The molecule has 0 spiro atoms. The normalized spacial score (nSPS) is 11.4. The summed E-state index contributed by atoms with van der Waals surface area (Å²) in [5, 5.41) is 9.87. The number of hydrogen-bond donors (Lipinski definition) is 1. The van der Waals surface area contributed by atoms with E-state index in [9.17, 15) is 5.11 Å². The molecule has 0 radical (unpaired) electrons. The van der Waals surface area contributed by atoms with Gasteiger partial charge in [0.15, 0.2) is 5.58 Å². The number of oxazole rings is 1. The zero-order valence-corrected chi connectivity index (χ0v) is 14.5. The third-order valence-electron chi connectivity index (χ3n) is 3.62. The van der Waals surface area contributed by atoms with E-state index < -0.39 is 0 Å². The predicted molar refractivity (Wildman–Crippen MR) is 100 cm³/mol. The smallest absolute Gasteiger partial charge is 0.228 e. The Balaban J connectivity index is 1.67. The van der Waals surface area contributed by atoms with Crippen LogP contribution in [0.2, 0.25) is 0 Å². The lowest BCUT2D eigenvalue weighted by Gasteiger charge is -1.99. The molecule has 0 aliphatic rings. The Hall–Kier alpha value is -2.99. The number of aromatic hydroxyl groups is 1. The third-order valence-corrected chi connectivity index (χ3v) is 4.12. The zero-order chi connectivity index (χ0) is 17.2. The molecule has 1 N–H and O–H groups in total. The average molecular weight is 394 g/mol. The second-order valence-electron chi connectivity index (χ2n) is 5.37. The van der Waals surface area contributed by atoms with E-state index in [0.717, 1.165) is 15.7 Å². The second kappa shape index (κ2) is 6.49. The highest BCUT2D eigenvalue weighted by Gasteiger charge is 2.08. The number of hydrogen-bond acceptors (Lipinski definition) is 5. The number of phenols is 1. The Kier molecular flexibility index (Phi) is 4.03. The summed E-state index contributed by atoms with van der Waals surface area (Å²) < 4.78 is 6.63. The maximum absolute atomic E-state index is 9.87. The fourth-order valence-electron chi connectivity index (χ4n) is 2.38. The van der Waals surface area contributed by atoms with Gasteiger partial charge in [-0.3, -0.25) is 9.98 Å². The summed E-state index contributed by atoms with van der Waals surface area (Å²) in [6.45, 7) is 0. The number of rotatable bonds is 3. The van der Waals surface area contributed by atoms with Gasteiger partial charge in [-0.1, -0.05) is 15.9 Å². The summed E-state index contributed by atoms with van der Waals surface area (Å²) in [6.07, 6.45) is 5.03. The van der Waals surface area contributed by atoms with Crippen molar-refractivity contribution in [2.75, 3.05) is 0 Å². The topological polar surface area (TPSA) is 71.5 Å². The first-order valence-corrected chi connectivity index (χ1v) is 8.32. The lowest BCUT2D eigenvalue weighted by molar-refractivity contribution is 0.474. The van der Waals surface area contributed by atoms with Gasteiger partial charge in [0.2, 0.25) is 5.89 Å². The van der Waals surface area contributed by atoms with E-state index in [4.69, 9.17) is 4.42 Å². The summed E-state index contributed by atoms with van der Waals surface area (Å²) in [5.41, 5.74) is 3.57. The molecule has 5 nitrogen and oxygen atoms in total. The first-order valence-electron chi connectivity index (χ1n) is 7.53. The Labute approximate surface area is 151 Å². The largest absolute Gasteiger partial charge is 0.507 e. The van der Waals surface area contributed by atoms with E-state index in [2.05, 4.69) is 30.9 Å². The summed E-state index contributed by atoms with van der Waals surface area (Å²) in [7, 11) is 0. The fourth-order valence-corrected chi connectivity index (χ4v) is 2.76. The number of phenolic OH excluding ortho intramolecular Hbond substituents is 1. The van der Waals surface area contributed by atoms with Crippen molar-refractivity contribution < 1.29 is 9.52 Å². The molecule has 6 heteroatoms. The van der Waals surface area contributed by atoms with E-state index in [1.165, 1.54) is 0 Å². The number of aromatic nitrogens is 2. The van der Waals surface area contributed by atoms with Crippen LogP contribution in [-0.2, 0) is 0 Å². The number of aliphatic imine (C=N–C) groups is 1. The number of benzene rings is 2. The summed E-state index contributed by atoms with van der Waals surface area (Å²) in [5.74, 6) is 0.696. The maximum Gasteiger partial charge on any atom is 0.228 e. The van der Waals surface area contributed by atoms with Gasteiger partial charge in [0.1, 0.15) is 11.3 Å². The molecule has 4 aromatic rings. The van der Waals surface area contributed by atoms with Crippen LogP contribution < -0.4 is 0 Å². The van der Waals surface area contributed by atoms with Gasteiger partial charge >= 0.3 is 0 Å². The van der Waals surface area contributed by atoms with Gasteiger partial charge in [0, 0.05) is 28.6 Å². The third kappa shape index (κ3) is 3.29. The minimum absolute atomic E-state index is 0.174. The van der Waals surface area contributed by atoms with Crippen LogP contribution in [-0.4, -0.2) is 21.3 Å². The van der Waals surface area contributed by atoms with Crippen molar-refractivity contribution in [1.29, 1.82) is 0 Å². The Morgan fingerprint density at radius 3 is 2.88 bits per heavy atom. The quantitative estimate of drug-likeness (QED) is 0.491. The van der Waals surface area contributed by atoms with Gasteiger partial charge in [0.05, 0.1) is 11.3 Å². The Morgan fingerprint density at radius 2 is 2.04 bits per heavy atom. The van der Waals surface area contributed by atoms with E-state index in [-0.39, 0.29) is 5.75 Å². The molecule has 0 fully saturated rings. The van der Waals surface area contributed by atoms with E-state index >= 15 is 0 Å². The maximum atomic E-state index is 9.87. The van der Waals surface area contributed by atoms with Crippen molar-refractivity contribution in [3.63, 3.8) is 0 Å². The molecule has 2 aromatic carbocycles. The molecule has 2 aromatic heterocycles. The first-order chi connectivity index (χ1) is 12.2. The van der Waals surface area contributed by atoms with E-state index in [0.29, 0.717) is 22.6 Å². The molecule has 0 bridgehead atoms. The zero-order valence-electron chi connectivity index (χ0n) is 12.9. The minimum Gasteiger partial charge on any atom is -0.507 e.